The van der Waals surface area contributed by atoms with Crippen molar-refractivity contribution in [3.63, 3.8) is 0 Å². The highest BCUT2D eigenvalue weighted by Gasteiger charge is 2.08. The molecule has 0 aliphatic rings. The molecule has 0 radical (unpaired) electrons. The van der Waals surface area contributed by atoms with Gasteiger partial charge in [-0.1, -0.05) is 0 Å². The van der Waals surface area contributed by atoms with Crippen LogP contribution in [-0.2, 0) is 0 Å². The summed E-state index contributed by atoms with van der Waals surface area (Å²) >= 11 is 1.49. The fourth-order valence-corrected chi connectivity index (χ4v) is 1.88. The molecule has 0 unspecified atom stereocenters. The summed E-state index contributed by atoms with van der Waals surface area (Å²) in [5.41, 5.74) is 6.45. The van der Waals surface area contributed by atoms with Gasteiger partial charge in [0.25, 0.3) is 0 Å². The maximum atomic E-state index is 8.73. The Morgan fingerprint density at radius 3 is 2.40 bits per heavy atom. The normalized spacial score (nSPS) is 10.1. The van der Waals surface area contributed by atoms with Crippen LogP contribution >= 0.6 is 11.8 Å². The van der Waals surface area contributed by atoms with Gasteiger partial charge in [0, 0.05) is 22.4 Å². The molecule has 4 nitrogen and oxygen atoms in total. The maximum absolute atomic E-state index is 8.73. The molecule has 0 spiro atoms. The Bertz CT molecular complexity index is 331. The van der Waals surface area contributed by atoms with E-state index in [4.69, 9.17) is 20.3 Å². The highest BCUT2D eigenvalue weighted by Crippen LogP contribution is 2.36. The summed E-state index contributed by atoms with van der Waals surface area (Å²) in [5, 5.41) is 8.73. The SMILES string of the molecule is COc1cc(N)c(SCCO)cc1OC. The Morgan fingerprint density at radius 1 is 1.27 bits per heavy atom. The number of nitrogens with two attached hydrogens (primary N) is 1. The quantitative estimate of drug-likeness (QED) is 0.589. The minimum Gasteiger partial charge on any atom is -0.493 e. The number of aliphatic hydroxyl groups is 1. The Kier molecular flexibility index (Phi) is 4.58. The van der Waals surface area contributed by atoms with E-state index in [1.807, 2.05) is 6.07 Å². The van der Waals surface area contributed by atoms with Crippen LogP contribution in [0.2, 0.25) is 0 Å². The van der Waals surface area contributed by atoms with Crippen molar-refractivity contribution in [3.8, 4) is 11.5 Å². The third-order valence-corrected chi connectivity index (χ3v) is 2.92. The van der Waals surface area contributed by atoms with E-state index in [-0.39, 0.29) is 6.61 Å². The molecular weight excluding hydrogens is 214 g/mol. The minimum absolute atomic E-state index is 0.123. The van der Waals surface area contributed by atoms with Crippen molar-refractivity contribution >= 4 is 17.4 Å². The van der Waals surface area contributed by atoms with Crippen molar-refractivity contribution in [2.24, 2.45) is 0 Å². The summed E-state index contributed by atoms with van der Waals surface area (Å²) in [5.74, 6) is 1.87. The summed E-state index contributed by atoms with van der Waals surface area (Å²) in [6.45, 7) is 0.123. The fraction of sp³-hybridized carbons (Fsp3) is 0.400. The zero-order valence-electron chi connectivity index (χ0n) is 8.82. The number of nitrogen functional groups attached to an aromatic ring is 1. The van der Waals surface area contributed by atoms with Crippen molar-refractivity contribution in [1.82, 2.24) is 0 Å². The average Bonchev–Trinajstić information content (AvgIpc) is 2.27. The second-order valence-corrected chi connectivity index (χ2v) is 3.95. The van der Waals surface area contributed by atoms with Gasteiger partial charge in [0.15, 0.2) is 11.5 Å². The molecule has 0 aromatic heterocycles. The zero-order valence-corrected chi connectivity index (χ0v) is 9.63. The fourth-order valence-electron chi connectivity index (χ4n) is 1.16. The van der Waals surface area contributed by atoms with E-state index in [2.05, 4.69) is 0 Å². The number of hydrogen-bond acceptors (Lipinski definition) is 5. The molecule has 0 heterocycles. The maximum Gasteiger partial charge on any atom is 0.162 e. The smallest absolute Gasteiger partial charge is 0.162 e. The molecule has 0 bridgehead atoms. The number of ether oxygens (including phenoxy) is 2. The van der Waals surface area contributed by atoms with Crippen LogP contribution in [0.25, 0.3) is 0 Å². The van der Waals surface area contributed by atoms with E-state index in [1.54, 1.807) is 20.3 Å². The molecule has 0 aliphatic carbocycles. The average molecular weight is 229 g/mol. The van der Waals surface area contributed by atoms with Gasteiger partial charge in [-0.05, 0) is 6.07 Å². The van der Waals surface area contributed by atoms with Crippen LogP contribution in [0.5, 0.6) is 11.5 Å². The first-order valence-electron chi connectivity index (χ1n) is 4.48. The minimum atomic E-state index is 0.123. The van der Waals surface area contributed by atoms with Crippen LogP contribution in [0, 0.1) is 0 Å². The van der Waals surface area contributed by atoms with E-state index in [0.717, 1.165) is 4.90 Å². The number of aliphatic hydroxyl groups excluding tert-OH is 1. The predicted molar refractivity (Wildman–Crippen MR) is 61.8 cm³/mol. The zero-order chi connectivity index (χ0) is 11.3. The van der Waals surface area contributed by atoms with Crippen molar-refractivity contribution in [1.29, 1.82) is 0 Å². The lowest BCUT2D eigenvalue weighted by Crippen LogP contribution is -1.96. The van der Waals surface area contributed by atoms with Gasteiger partial charge in [-0.25, -0.2) is 0 Å². The molecule has 0 atom stereocenters. The lowest BCUT2D eigenvalue weighted by Gasteiger charge is -2.11. The molecule has 3 N–H and O–H groups in total. The van der Waals surface area contributed by atoms with Crippen molar-refractivity contribution < 1.29 is 14.6 Å². The Hall–Kier alpha value is -1.07. The van der Waals surface area contributed by atoms with Gasteiger partial charge in [-0.3, -0.25) is 0 Å². The van der Waals surface area contributed by atoms with Crippen molar-refractivity contribution in [2.45, 2.75) is 4.90 Å². The van der Waals surface area contributed by atoms with Crippen molar-refractivity contribution in [3.05, 3.63) is 12.1 Å². The molecule has 0 aliphatic heterocycles. The van der Waals surface area contributed by atoms with Crippen LogP contribution in [0.3, 0.4) is 0 Å². The third-order valence-electron chi connectivity index (χ3n) is 1.86. The second kappa shape index (κ2) is 5.72. The molecule has 84 valence electrons. The van der Waals surface area contributed by atoms with Crippen LogP contribution < -0.4 is 15.2 Å². The Balaban J connectivity index is 2.97. The predicted octanol–water partition coefficient (Wildman–Crippen LogP) is 1.37. The lowest BCUT2D eigenvalue weighted by molar-refractivity contribution is 0.322. The summed E-state index contributed by atoms with van der Waals surface area (Å²) in [7, 11) is 3.15. The molecule has 1 aromatic rings. The first-order valence-corrected chi connectivity index (χ1v) is 5.46. The summed E-state index contributed by atoms with van der Waals surface area (Å²) in [6, 6.07) is 3.53. The van der Waals surface area contributed by atoms with E-state index in [9.17, 15) is 0 Å². The largest absolute Gasteiger partial charge is 0.493 e. The summed E-state index contributed by atoms with van der Waals surface area (Å²) < 4.78 is 10.3. The molecular formula is C10H15NO3S. The first kappa shape index (κ1) is 12.0. The molecule has 1 aromatic carbocycles. The second-order valence-electron chi connectivity index (χ2n) is 2.82. The van der Waals surface area contributed by atoms with Crippen molar-refractivity contribution in [2.75, 3.05) is 32.3 Å². The van der Waals surface area contributed by atoms with Gasteiger partial charge in [0.1, 0.15) is 0 Å². The number of hydrogen-bond donors (Lipinski definition) is 2. The molecule has 0 fully saturated rings. The molecule has 0 saturated heterocycles. The van der Waals surface area contributed by atoms with Crippen LogP contribution in [0.4, 0.5) is 5.69 Å². The topological polar surface area (TPSA) is 64.7 Å². The van der Waals surface area contributed by atoms with E-state index in [0.29, 0.717) is 22.9 Å². The number of rotatable bonds is 5. The molecule has 0 amide bonds. The molecule has 5 heteroatoms. The third kappa shape index (κ3) is 2.94. The first-order chi connectivity index (χ1) is 7.22. The number of anilines is 1. The van der Waals surface area contributed by atoms with Crippen LogP contribution in [0.15, 0.2) is 17.0 Å². The lowest BCUT2D eigenvalue weighted by atomic mass is 10.3. The van der Waals surface area contributed by atoms with E-state index in [1.165, 1.54) is 11.8 Å². The van der Waals surface area contributed by atoms with Gasteiger partial charge in [-0.2, -0.15) is 0 Å². The highest BCUT2D eigenvalue weighted by molar-refractivity contribution is 7.99. The van der Waals surface area contributed by atoms with Gasteiger partial charge >= 0.3 is 0 Å². The Labute approximate surface area is 93.4 Å². The highest BCUT2D eigenvalue weighted by atomic mass is 32.2. The number of thioether (sulfide) groups is 1. The van der Waals surface area contributed by atoms with Gasteiger partial charge < -0.3 is 20.3 Å². The Morgan fingerprint density at radius 2 is 1.87 bits per heavy atom. The summed E-state index contributed by atoms with van der Waals surface area (Å²) in [4.78, 5) is 0.890. The summed E-state index contributed by atoms with van der Waals surface area (Å²) in [6.07, 6.45) is 0. The van der Waals surface area contributed by atoms with Gasteiger partial charge in [0.05, 0.1) is 20.8 Å². The monoisotopic (exact) mass is 229 g/mol. The molecule has 0 saturated carbocycles. The molecule has 1 rings (SSSR count). The standard InChI is InChI=1S/C10H15NO3S/c1-13-8-5-7(11)10(15-4-3-12)6-9(8)14-2/h5-6,12H,3-4,11H2,1-2H3. The number of methoxy groups -OCH3 is 2. The van der Waals surface area contributed by atoms with Gasteiger partial charge in [0.2, 0.25) is 0 Å². The van der Waals surface area contributed by atoms with E-state index < -0.39 is 0 Å². The van der Waals surface area contributed by atoms with Gasteiger partial charge in [-0.15, -0.1) is 11.8 Å². The van der Waals surface area contributed by atoms with E-state index >= 15 is 0 Å². The van der Waals surface area contributed by atoms with Crippen LogP contribution in [-0.4, -0.2) is 31.7 Å². The van der Waals surface area contributed by atoms with Crippen LogP contribution in [0.1, 0.15) is 0 Å². The number of benzene rings is 1. The molecule has 15 heavy (non-hydrogen) atoms.